The highest BCUT2D eigenvalue weighted by Gasteiger charge is 2.26. The fourth-order valence-electron chi connectivity index (χ4n) is 0.847. The second kappa shape index (κ2) is 4.07. The van der Waals surface area contributed by atoms with Gasteiger partial charge in [0.15, 0.2) is 0 Å². The summed E-state index contributed by atoms with van der Waals surface area (Å²) in [7, 11) is 0. The number of nitriles is 1. The number of hydrogen-bond acceptors (Lipinski definition) is 3. The third-order valence-corrected chi connectivity index (χ3v) is 2.59. The van der Waals surface area contributed by atoms with Crippen molar-refractivity contribution >= 4 is 24.2 Å². The number of halogens is 1. The van der Waals surface area contributed by atoms with Gasteiger partial charge in [0.1, 0.15) is 5.54 Å². The molecular formula is C6H11ClN2S. The van der Waals surface area contributed by atoms with Crippen LogP contribution < -0.4 is 5.73 Å². The van der Waals surface area contributed by atoms with E-state index in [1.165, 1.54) is 0 Å². The van der Waals surface area contributed by atoms with Crippen LogP contribution in [0.25, 0.3) is 0 Å². The van der Waals surface area contributed by atoms with Gasteiger partial charge >= 0.3 is 0 Å². The predicted molar refractivity (Wildman–Crippen MR) is 46.3 cm³/mol. The minimum Gasteiger partial charge on any atom is -0.313 e. The molecule has 0 unspecified atom stereocenters. The zero-order valence-electron chi connectivity index (χ0n) is 5.67. The summed E-state index contributed by atoms with van der Waals surface area (Å²) >= 11 is 1.88. The van der Waals surface area contributed by atoms with E-state index in [1.54, 1.807) is 0 Å². The summed E-state index contributed by atoms with van der Waals surface area (Å²) in [5.74, 6) is 2.09. The van der Waals surface area contributed by atoms with Crippen LogP contribution >= 0.6 is 24.2 Å². The molecule has 58 valence electrons. The molecule has 0 atom stereocenters. The second-order valence-corrected chi connectivity index (χ2v) is 3.61. The highest BCUT2D eigenvalue weighted by atomic mass is 35.5. The largest absolute Gasteiger partial charge is 0.313 e. The van der Waals surface area contributed by atoms with E-state index < -0.39 is 5.54 Å². The van der Waals surface area contributed by atoms with Gasteiger partial charge in [0.05, 0.1) is 6.07 Å². The van der Waals surface area contributed by atoms with E-state index in [1.807, 2.05) is 11.8 Å². The van der Waals surface area contributed by atoms with Gasteiger partial charge in [-0.2, -0.15) is 17.0 Å². The van der Waals surface area contributed by atoms with Crippen molar-refractivity contribution in [2.24, 2.45) is 5.73 Å². The third-order valence-electron chi connectivity index (χ3n) is 1.61. The Morgan fingerprint density at radius 3 is 2.20 bits per heavy atom. The number of thioether (sulfide) groups is 1. The predicted octanol–water partition coefficient (Wildman–Crippen LogP) is 1.16. The van der Waals surface area contributed by atoms with Crippen LogP contribution in [0, 0.1) is 11.3 Å². The molecule has 0 saturated carbocycles. The molecule has 1 heterocycles. The fraction of sp³-hybridized carbons (Fsp3) is 0.833. The van der Waals surface area contributed by atoms with Gasteiger partial charge in [-0.25, -0.2) is 0 Å². The summed E-state index contributed by atoms with van der Waals surface area (Å²) in [5.41, 5.74) is 5.19. The lowest BCUT2D eigenvalue weighted by atomic mass is 9.96. The van der Waals surface area contributed by atoms with E-state index in [-0.39, 0.29) is 12.4 Å². The van der Waals surface area contributed by atoms with Crippen LogP contribution in [0.5, 0.6) is 0 Å². The molecular weight excluding hydrogens is 168 g/mol. The lowest BCUT2D eigenvalue weighted by Crippen LogP contribution is -2.41. The molecule has 10 heavy (non-hydrogen) atoms. The quantitative estimate of drug-likeness (QED) is 0.606. The van der Waals surface area contributed by atoms with Crippen LogP contribution in [0.15, 0.2) is 0 Å². The molecule has 0 amide bonds. The Kier molecular flexibility index (Phi) is 4.11. The number of hydrogen-bond donors (Lipinski definition) is 1. The van der Waals surface area contributed by atoms with E-state index in [2.05, 4.69) is 6.07 Å². The monoisotopic (exact) mass is 178 g/mol. The molecule has 4 heteroatoms. The van der Waals surface area contributed by atoms with E-state index >= 15 is 0 Å². The Morgan fingerprint density at radius 2 is 1.90 bits per heavy atom. The lowest BCUT2D eigenvalue weighted by molar-refractivity contribution is 0.503. The molecule has 1 rings (SSSR count). The molecule has 0 radical (unpaired) electrons. The normalized spacial score (nSPS) is 22.4. The molecule has 1 aliphatic heterocycles. The lowest BCUT2D eigenvalue weighted by Gasteiger charge is -2.25. The van der Waals surface area contributed by atoms with Crippen LogP contribution in [0.3, 0.4) is 0 Å². The van der Waals surface area contributed by atoms with Crippen molar-refractivity contribution in [2.45, 2.75) is 18.4 Å². The van der Waals surface area contributed by atoms with Crippen molar-refractivity contribution in [3.8, 4) is 6.07 Å². The van der Waals surface area contributed by atoms with Crippen LogP contribution in [0.1, 0.15) is 12.8 Å². The van der Waals surface area contributed by atoms with Crippen molar-refractivity contribution in [2.75, 3.05) is 11.5 Å². The van der Waals surface area contributed by atoms with Gasteiger partial charge in [-0.1, -0.05) is 0 Å². The number of nitrogens with two attached hydrogens (primary N) is 1. The molecule has 2 N–H and O–H groups in total. The van der Waals surface area contributed by atoms with Crippen LogP contribution in [-0.4, -0.2) is 17.0 Å². The molecule has 0 bridgehead atoms. The van der Waals surface area contributed by atoms with Crippen molar-refractivity contribution in [3.63, 3.8) is 0 Å². The van der Waals surface area contributed by atoms with Gasteiger partial charge in [0, 0.05) is 0 Å². The van der Waals surface area contributed by atoms with Gasteiger partial charge < -0.3 is 5.73 Å². The Bertz CT molecular complexity index is 137. The van der Waals surface area contributed by atoms with Gasteiger partial charge in [0.25, 0.3) is 0 Å². The molecule has 0 aromatic heterocycles. The summed E-state index contributed by atoms with van der Waals surface area (Å²) < 4.78 is 0. The summed E-state index contributed by atoms with van der Waals surface area (Å²) in [6.07, 6.45) is 1.71. The van der Waals surface area contributed by atoms with Crippen molar-refractivity contribution < 1.29 is 0 Å². The fourth-order valence-corrected chi connectivity index (χ4v) is 2.07. The summed E-state index contributed by atoms with van der Waals surface area (Å²) in [5, 5.41) is 8.57. The summed E-state index contributed by atoms with van der Waals surface area (Å²) in [6, 6.07) is 2.14. The van der Waals surface area contributed by atoms with Crippen molar-refractivity contribution in [3.05, 3.63) is 0 Å². The average molecular weight is 179 g/mol. The molecule has 1 fully saturated rings. The van der Waals surface area contributed by atoms with Gasteiger partial charge in [0.2, 0.25) is 0 Å². The first-order chi connectivity index (χ1) is 4.27. The number of nitrogens with zero attached hydrogens (tertiary/aromatic N) is 1. The van der Waals surface area contributed by atoms with E-state index in [4.69, 9.17) is 11.0 Å². The van der Waals surface area contributed by atoms with Crippen molar-refractivity contribution in [1.82, 2.24) is 0 Å². The van der Waals surface area contributed by atoms with Crippen LogP contribution in [0.4, 0.5) is 0 Å². The van der Waals surface area contributed by atoms with Gasteiger partial charge in [-0.05, 0) is 24.3 Å². The topological polar surface area (TPSA) is 49.8 Å². The second-order valence-electron chi connectivity index (χ2n) is 2.38. The third kappa shape index (κ3) is 2.37. The zero-order valence-corrected chi connectivity index (χ0v) is 7.30. The first kappa shape index (κ1) is 10.1. The van der Waals surface area contributed by atoms with Crippen molar-refractivity contribution in [1.29, 1.82) is 5.26 Å². The molecule has 1 saturated heterocycles. The van der Waals surface area contributed by atoms with Crippen LogP contribution in [-0.2, 0) is 0 Å². The van der Waals surface area contributed by atoms with Gasteiger partial charge in [-0.15, -0.1) is 12.4 Å². The maximum Gasteiger partial charge on any atom is 0.105 e. The van der Waals surface area contributed by atoms with Crippen LogP contribution in [0.2, 0.25) is 0 Å². The highest BCUT2D eigenvalue weighted by Crippen LogP contribution is 2.23. The van der Waals surface area contributed by atoms with E-state index in [9.17, 15) is 0 Å². The number of rotatable bonds is 0. The standard InChI is InChI=1S/C6H10N2S.ClH/c7-5-6(8)1-3-9-4-2-6;/h1-4,8H2;1H. The smallest absolute Gasteiger partial charge is 0.105 e. The van der Waals surface area contributed by atoms with E-state index in [0.717, 1.165) is 24.3 Å². The SMILES string of the molecule is Cl.N#CC1(N)CCSCC1. The Labute approximate surface area is 71.6 Å². The van der Waals surface area contributed by atoms with Gasteiger partial charge in [-0.3, -0.25) is 0 Å². The first-order valence-corrected chi connectivity index (χ1v) is 4.20. The maximum atomic E-state index is 8.57. The average Bonchev–Trinajstić information content (AvgIpc) is 1.90. The zero-order chi connectivity index (χ0) is 6.74. The maximum absolute atomic E-state index is 8.57. The molecule has 0 spiro atoms. The molecule has 0 aromatic carbocycles. The molecule has 0 aliphatic carbocycles. The summed E-state index contributed by atoms with van der Waals surface area (Å²) in [6.45, 7) is 0. The first-order valence-electron chi connectivity index (χ1n) is 3.05. The van der Waals surface area contributed by atoms with E-state index in [0.29, 0.717) is 0 Å². The Hall–Kier alpha value is 0.0900. The minimum absolute atomic E-state index is 0. The highest BCUT2D eigenvalue weighted by molar-refractivity contribution is 7.99. The molecule has 0 aromatic rings. The molecule has 1 aliphatic rings. The Morgan fingerprint density at radius 1 is 1.40 bits per heavy atom. The summed E-state index contributed by atoms with van der Waals surface area (Å²) in [4.78, 5) is 0. The molecule has 2 nitrogen and oxygen atoms in total. The minimum atomic E-state index is -0.495. The Balaban J connectivity index is 0.000000810.